The van der Waals surface area contributed by atoms with Crippen molar-refractivity contribution < 1.29 is 35.1 Å². The van der Waals surface area contributed by atoms with Crippen molar-refractivity contribution in [3.05, 3.63) is 596 Å². The third kappa shape index (κ3) is 18.2. The summed E-state index contributed by atoms with van der Waals surface area (Å²) in [6.45, 7) is 16.8. The molecule has 150 heavy (non-hydrogen) atoms. The average Bonchev–Trinajstić information content (AvgIpc) is 0.716. The van der Waals surface area contributed by atoms with Crippen molar-refractivity contribution >= 4 is 45.5 Å². The van der Waals surface area contributed by atoms with Crippen LogP contribution in [0, 0.1) is 78.9 Å². The lowest BCUT2D eigenvalue weighted by molar-refractivity contribution is -0.138. The summed E-state index contributed by atoms with van der Waals surface area (Å²) in [6, 6.07) is 118. The molecular weight excluding hydrogens is 1870 g/mol. The highest BCUT2D eigenvalue weighted by atomic mass is 19.4. The van der Waals surface area contributed by atoms with Gasteiger partial charge in [-0.25, -0.2) is 8.78 Å². The quantitative estimate of drug-likeness (QED) is 0.0705. The molecule has 0 amide bonds. The summed E-state index contributed by atoms with van der Waals surface area (Å²) in [6.07, 6.45) is 26.0. The van der Waals surface area contributed by atoms with Crippen molar-refractivity contribution in [2.75, 3.05) is 19.6 Å². The predicted molar refractivity (Wildman–Crippen MR) is 601 cm³/mol. The molecule has 4 atom stereocenters. The Kier molecular flexibility index (Phi) is 25.2. The van der Waals surface area contributed by atoms with Gasteiger partial charge in [0.15, 0.2) is 0 Å². The van der Waals surface area contributed by atoms with Crippen molar-refractivity contribution in [2.45, 2.75) is 79.8 Å². The molecule has 8 aliphatic rings. The molecule has 0 saturated heterocycles. The maximum absolute atomic E-state index is 14.9. The third-order valence-electron chi connectivity index (χ3n) is 30.3. The zero-order valence-corrected chi connectivity index (χ0v) is 84.0. The molecular formula is C138H104F8N4. The van der Waals surface area contributed by atoms with Gasteiger partial charge in [0.1, 0.15) is 11.6 Å². The average molecular weight is 1970 g/mol. The van der Waals surface area contributed by atoms with Gasteiger partial charge in [-0.1, -0.05) is 326 Å². The van der Waals surface area contributed by atoms with Gasteiger partial charge in [0.25, 0.3) is 0 Å². The first-order chi connectivity index (χ1) is 72.7. The van der Waals surface area contributed by atoms with Gasteiger partial charge >= 0.3 is 12.4 Å². The van der Waals surface area contributed by atoms with E-state index in [0.717, 1.165) is 215 Å². The number of hydrogen-bond donors (Lipinski definition) is 0. The molecule has 0 N–H and O–H groups in total. The van der Waals surface area contributed by atoms with Crippen LogP contribution < -0.4 is 19.6 Å². The minimum Gasteiger partial charge on any atom is -0.330 e. The fourth-order valence-electron chi connectivity index (χ4n) is 22.6. The molecule has 16 aromatic carbocycles. The van der Waals surface area contributed by atoms with Crippen LogP contribution in [0.1, 0.15) is 55.6 Å². The molecule has 4 nitrogen and oxygen atoms in total. The molecule has 8 aliphatic carbocycles. The van der Waals surface area contributed by atoms with E-state index in [-0.39, 0.29) is 29.5 Å². The highest BCUT2D eigenvalue weighted by molar-refractivity contribution is 5.96. The molecule has 4 unspecified atom stereocenters. The molecule has 0 radical (unpaired) electrons. The van der Waals surface area contributed by atoms with Gasteiger partial charge in [0.2, 0.25) is 0 Å². The zero-order valence-electron chi connectivity index (χ0n) is 84.0. The molecule has 0 heterocycles. The first kappa shape index (κ1) is 96.0. The highest BCUT2D eigenvalue weighted by Gasteiger charge is 2.45. The molecule has 0 saturated carbocycles. The van der Waals surface area contributed by atoms with E-state index >= 15 is 0 Å². The lowest BCUT2D eigenvalue weighted by Crippen LogP contribution is -2.37. The van der Waals surface area contributed by atoms with Gasteiger partial charge in [-0.15, -0.1) is 0 Å². The van der Waals surface area contributed by atoms with E-state index in [1.165, 1.54) is 44.5 Å². The second kappa shape index (κ2) is 39.4. The Morgan fingerprint density at radius 1 is 0.233 bits per heavy atom. The molecule has 0 aliphatic heterocycles. The van der Waals surface area contributed by atoms with Crippen LogP contribution in [-0.4, -0.2) is 12.1 Å². The molecule has 0 bridgehead atoms. The van der Waals surface area contributed by atoms with Crippen LogP contribution in [0.25, 0.3) is 89.0 Å². The second-order valence-corrected chi connectivity index (χ2v) is 39.9. The summed E-state index contributed by atoms with van der Waals surface area (Å²) in [5.74, 6) is -0.969. The summed E-state index contributed by atoms with van der Waals surface area (Å²) in [5, 5.41) is 0. The lowest BCUT2D eigenvalue weighted by atomic mass is 9.67. The lowest BCUT2D eigenvalue weighted by Gasteiger charge is -2.44. The van der Waals surface area contributed by atoms with E-state index in [2.05, 4.69) is 425 Å². The number of allylic oxidation sites excluding steroid dienone is 20. The summed E-state index contributed by atoms with van der Waals surface area (Å²) in [5.41, 5.74) is 43.8. The number of anilines is 8. The van der Waals surface area contributed by atoms with Crippen LogP contribution in [-0.2, 0) is 12.4 Å². The molecule has 24 rings (SSSR count). The summed E-state index contributed by atoms with van der Waals surface area (Å²) in [7, 11) is 0. The van der Waals surface area contributed by atoms with Crippen LogP contribution in [0.4, 0.5) is 80.6 Å². The predicted octanol–water partition coefficient (Wildman–Crippen LogP) is 37.7. The van der Waals surface area contributed by atoms with E-state index in [4.69, 9.17) is 0 Å². The first-order valence-electron chi connectivity index (χ1n) is 50.8. The first-order valence-corrected chi connectivity index (χ1v) is 50.8. The van der Waals surface area contributed by atoms with E-state index in [1.54, 1.807) is 48.5 Å². The van der Waals surface area contributed by atoms with Crippen molar-refractivity contribution in [2.24, 2.45) is 11.8 Å². The molecule has 0 aromatic heterocycles. The van der Waals surface area contributed by atoms with Crippen molar-refractivity contribution in [3.63, 3.8) is 0 Å². The van der Waals surface area contributed by atoms with E-state index in [1.807, 2.05) is 38.1 Å². The summed E-state index contributed by atoms with van der Waals surface area (Å²) < 4.78 is 116. The van der Waals surface area contributed by atoms with Crippen LogP contribution in [0.5, 0.6) is 0 Å². The third-order valence-corrected chi connectivity index (χ3v) is 30.3. The van der Waals surface area contributed by atoms with Gasteiger partial charge < -0.3 is 19.6 Å². The topological polar surface area (TPSA) is 13.0 Å². The largest absolute Gasteiger partial charge is 0.416 e. The Morgan fingerprint density at radius 2 is 0.533 bits per heavy atom. The van der Waals surface area contributed by atoms with Crippen LogP contribution in [0.3, 0.4) is 0 Å². The minimum atomic E-state index is -4.54. The number of alkyl halides is 6. The van der Waals surface area contributed by atoms with Gasteiger partial charge in [-0.2, -0.15) is 26.3 Å². The number of halogens is 8. The number of aryl methyl sites for hydroxylation is 8. The summed E-state index contributed by atoms with van der Waals surface area (Å²) >= 11 is 0. The molecule has 732 valence electrons. The zero-order chi connectivity index (χ0) is 103. The van der Waals surface area contributed by atoms with E-state index < -0.39 is 29.5 Å². The van der Waals surface area contributed by atoms with Crippen LogP contribution >= 0.6 is 0 Å². The Morgan fingerprint density at radius 3 is 0.913 bits per heavy atom. The SMILES string of the molecule is Cc1ccc(-c2ccc(N(C3=C4C=CC5=C6C(=CC=C(C=C3)C46)C(N(c3ccc(C(F)(F)F)cc3)c3ccc(-c4ccc(C)cc4)cc3-c3ccc(C)cc3)C=C5)c3ccc(C(F)(F)F)cc3)c(-c3ccc(C)cc3)c2)cc1.Cc1ccccc1-c1ccc(N(C2=C3C=CC4=C5C(=CC=C(C=C2)C35)C(N(c2ccc(F)cc2)c2ccc(-c3ccccc3C)cc2-c2ccccc2C)C=C4)c2ccc(F)cc2)c(-c2ccccc2C)c1. The van der Waals surface area contributed by atoms with Crippen molar-refractivity contribution in [1.29, 1.82) is 0 Å². The maximum Gasteiger partial charge on any atom is 0.416 e. The number of nitrogens with zero attached hydrogens (tertiary/aromatic N) is 4. The molecule has 16 aromatic rings. The van der Waals surface area contributed by atoms with Crippen LogP contribution in [0.2, 0.25) is 0 Å². The number of rotatable bonds is 20. The minimum absolute atomic E-state index is 0.0945. The number of hydrogen-bond acceptors (Lipinski definition) is 4. The molecule has 0 fully saturated rings. The maximum atomic E-state index is 14.9. The van der Waals surface area contributed by atoms with Gasteiger partial charge in [0, 0.05) is 68.2 Å². The monoisotopic (exact) mass is 1970 g/mol. The smallest absolute Gasteiger partial charge is 0.330 e. The van der Waals surface area contributed by atoms with Gasteiger partial charge in [-0.05, 0) is 358 Å². The van der Waals surface area contributed by atoms with E-state index in [9.17, 15) is 35.1 Å². The van der Waals surface area contributed by atoms with Crippen LogP contribution in [0.15, 0.2) is 528 Å². The Labute approximate surface area is 870 Å². The van der Waals surface area contributed by atoms with Gasteiger partial charge in [-0.3, -0.25) is 0 Å². The summed E-state index contributed by atoms with van der Waals surface area (Å²) in [4.78, 5) is 8.95. The second-order valence-electron chi connectivity index (χ2n) is 39.9. The Bertz CT molecular complexity index is 8580. The fourth-order valence-corrected chi connectivity index (χ4v) is 22.6. The Balaban J connectivity index is 0.000000165. The van der Waals surface area contributed by atoms with Crippen molar-refractivity contribution in [3.8, 4) is 89.0 Å². The Hall–Kier alpha value is -17.5. The fraction of sp³-hybridized carbons (Fsp3) is 0.101. The molecule has 0 spiro atoms. The van der Waals surface area contributed by atoms with E-state index in [0.29, 0.717) is 11.4 Å². The molecule has 12 heteroatoms. The standard InChI is InChI=1S/C70H52F6N2.C68H52F2N2/c1-43-5-13-47(14-6-43)53-25-39-65(61(41-53)49-17-9-45(3)10-18-49)77(57-31-27-55(28-32-57)69(71,72)73)63-37-23-51-22-36-60-64(38-24-52-21-35-59(63)67(51)68(52)60)78(58-33-29-56(30-34-58)70(74,75)76)66-40-26-54(48-15-7-44(2)8-16-48)42-62(66)50-19-11-46(4)12-20-50;1-43-13-5-9-17-55(43)49-25-39-65(61(41-49)57-19-11-7-15-45(57)3)71(53-31-27-51(69)28-32-53)63-37-23-47-22-36-60-64(38-24-48-21-35-59(63)67(47)68(48)60)72(54-33-29-52(70)30-34-54)66-40-26-50(56-18-10-6-14-44(56)2)42-62(66)58-20-12-8-16-46(58)4/h5-42,63,68H,1-4H3;5-42,63,68H,1-4H3. The normalized spacial score (nSPS) is 16.4. The highest BCUT2D eigenvalue weighted by Crippen LogP contribution is 2.58. The van der Waals surface area contributed by atoms with Gasteiger partial charge in [0.05, 0.1) is 46.0 Å². The van der Waals surface area contributed by atoms with Crippen molar-refractivity contribution in [1.82, 2.24) is 0 Å². The number of benzene rings is 16.